The van der Waals surface area contributed by atoms with E-state index in [0.29, 0.717) is 11.4 Å². The minimum absolute atomic E-state index is 0.000194. The van der Waals surface area contributed by atoms with Gasteiger partial charge in [-0.05, 0) is 71.8 Å². The van der Waals surface area contributed by atoms with Crippen molar-refractivity contribution in [3.63, 3.8) is 0 Å². The van der Waals surface area contributed by atoms with Crippen LogP contribution in [0.3, 0.4) is 0 Å². The van der Waals surface area contributed by atoms with Crippen molar-refractivity contribution in [3.8, 4) is 11.1 Å². The Kier molecular flexibility index (Phi) is 9.60. The molecule has 298 valence electrons. The molecule has 0 heterocycles. The second-order valence-electron chi connectivity index (χ2n) is 13.9. The van der Waals surface area contributed by atoms with Gasteiger partial charge in [-0.25, -0.2) is 16.8 Å². The Morgan fingerprint density at radius 1 is 0.383 bits per heavy atom. The maximum Gasteiger partial charge on any atom is 0.261 e. The first-order valence-electron chi connectivity index (χ1n) is 18.1. The van der Waals surface area contributed by atoms with Crippen LogP contribution in [0.4, 0.5) is 22.7 Å². The highest BCUT2D eigenvalue weighted by Gasteiger charge is 2.39. The summed E-state index contributed by atoms with van der Waals surface area (Å²) in [6.07, 6.45) is 0. The molecule has 0 atom stereocenters. The number of hydrogen-bond donors (Lipinski definition) is 4. The monoisotopic (exact) mass is 838 g/mol. The second-order valence-corrected chi connectivity index (χ2v) is 17.2. The number of sulfonamides is 2. The zero-order valence-electron chi connectivity index (χ0n) is 31.4. The van der Waals surface area contributed by atoms with Crippen molar-refractivity contribution in [2.24, 2.45) is 0 Å². The van der Waals surface area contributed by atoms with Crippen LogP contribution in [0, 0.1) is 0 Å². The van der Waals surface area contributed by atoms with E-state index in [1.807, 2.05) is 0 Å². The van der Waals surface area contributed by atoms with Crippen LogP contribution in [0.2, 0.25) is 0 Å². The fourth-order valence-corrected chi connectivity index (χ4v) is 9.46. The lowest BCUT2D eigenvalue weighted by Gasteiger charge is -2.27. The zero-order chi connectivity index (χ0) is 42.7. The van der Waals surface area contributed by atoms with E-state index >= 15 is 0 Å². The van der Waals surface area contributed by atoms with Gasteiger partial charge in [-0.3, -0.25) is 38.2 Å². The summed E-state index contributed by atoms with van der Waals surface area (Å²) in [5.74, 6) is -3.47. The first-order valence-corrected chi connectivity index (χ1v) is 21.0. The lowest BCUT2D eigenvalue weighted by Crippen LogP contribution is -2.27. The van der Waals surface area contributed by atoms with Gasteiger partial charge in [-0.15, -0.1) is 0 Å². The maximum absolute atomic E-state index is 14.5. The molecule has 0 radical (unpaired) electrons. The fourth-order valence-electron chi connectivity index (χ4n) is 7.31. The number of carbonyl (C=O) groups is 6. The van der Waals surface area contributed by atoms with Gasteiger partial charge in [0.2, 0.25) is 11.8 Å². The second kappa shape index (κ2) is 14.7. The number of amides is 2. The summed E-state index contributed by atoms with van der Waals surface area (Å²) in [5, 5.41) is 5.10. The average Bonchev–Trinajstić information content (AvgIpc) is 3.21. The van der Waals surface area contributed by atoms with Crippen LogP contribution < -0.4 is 20.1 Å². The SMILES string of the molecule is CC(=O)Nc1ccc(S(=O)(=O)Nc2ccc(-c3ccc(NS(=O)(=O)c4ccc(NC(C)=O)cc4)c4c3C(=O)c3ccccc3C4=O)c3c2C(=O)c2ccccc2C3=O)cc1. The lowest BCUT2D eigenvalue weighted by atomic mass is 9.76. The molecule has 4 N–H and O–H groups in total. The Balaban J connectivity index is 1.30. The third kappa shape index (κ3) is 6.82. The molecular formula is C44H30N4O10S2. The van der Waals surface area contributed by atoms with E-state index in [9.17, 15) is 45.6 Å². The van der Waals surface area contributed by atoms with E-state index in [4.69, 9.17) is 0 Å². The number of benzene rings is 6. The van der Waals surface area contributed by atoms with E-state index in [1.165, 1.54) is 111 Å². The summed E-state index contributed by atoms with van der Waals surface area (Å²) in [6.45, 7) is 2.60. The van der Waals surface area contributed by atoms with Crippen LogP contribution in [0.25, 0.3) is 11.1 Å². The molecule has 0 saturated carbocycles. The quantitative estimate of drug-likeness (QED) is 0.125. The standard InChI is InChI=1S/C44H30N4O10S2/c1-23(49)45-25-11-15-27(16-12-25)59(55,56)47-35-21-19-29(37-39(35)43(53)33-9-5-3-7-31(33)41(37)51)30-20-22-36(40-38(30)42(52)32-8-4-6-10-34(32)44(40)54)48-60(57,58)28-17-13-26(14-18-28)46-24(2)50/h3-22,47-48H,1-2H3,(H,45,49)(H,46,50). The number of ketones is 4. The van der Waals surface area contributed by atoms with Gasteiger partial charge < -0.3 is 10.6 Å². The van der Waals surface area contributed by atoms with E-state index < -0.39 is 43.2 Å². The summed E-state index contributed by atoms with van der Waals surface area (Å²) >= 11 is 0. The van der Waals surface area contributed by atoms with Crippen molar-refractivity contribution in [2.75, 3.05) is 20.1 Å². The van der Waals surface area contributed by atoms with Crippen molar-refractivity contribution in [1.29, 1.82) is 0 Å². The Morgan fingerprint density at radius 3 is 0.983 bits per heavy atom. The molecule has 14 nitrogen and oxygen atoms in total. The van der Waals surface area contributed by atoms with E-state index in [0.717, 1.165) is 0 Å². The average molecular weight is 839 g/mol. The topological polar surface area (TPSA) is 219 Å². The Hall–Kier alpha value is -7.56. The van der Waals surface area contributed by atoms with Gasteiger partial charge in [-0.1, -0.05) is 60.7 Å². The van der Waals surface area contributed by atoms with Gasteiger partial charge in [-0.2, -0.15) is 0 Å². The molecule has 0 aliphatic heterocycles. The van der Waals surface area contributed by atoms with Crippen molar-refractivity contribution in [3.05, 3.63) is 166 Å². The molecule has 0 saturated heterocycles. The summed E-state index contributed by atoms with van der Waals surface area (Å²) in [5.41, 5.74) is -0.911. The number of carbonyl (C=O) groups excluding carboxylic acids is 6. The number of anilines is 4. The summed E-state index contributed by atoms with van der Waals surface area (Å²) in [7, 11) is -8.83. The van der Waals surface area contributed by atoms with Gasteiger partial charge in [0.25, 0.3) is 20.0 Å². The predicted octanol–water partition coefficient (Wildman–Crippen LogP) is 6.42. The van der Waals surface area contributed by atoms with Crippen molar-refractivity contribution < 1.29 is 45.6 Å². The molecule has 0 spiro atoms. The van der Waals surface area contributed by atoms with Crippen LogP contribution in [-0.4, -0.2) is 51.8 Å². The third-order valence-electron chi connectivity index (χ3n) is 9.90. The smallest absolute Gasteiger partial charge is 0.261 e. The first-order chi connectivity index (χ1) is 28.6. The molecular weight excluding hydrogens is 809 g/mol. The van der Waals surface area contributed by atoms with Crippen molar-refractivity contribution >= 4 is 77.7 Å². The minimum Gasteiger partial charge on any atom is -0.326 e. The molecule has 0 aromatic heterocycles. The van der Waals surface area contributed by atoms with E-state index in [-0.39, 0.29) is 88.6 Å². The number of nitrogens with one attached hydrogen (secondary N) is 4. The molecule has 2 amide bonds. The van der Waals surface area contributed by atoms with E-state index in [2.05, 4.69) is 20.1 Å². The number of fused-ring (bicyclic) bond motifs is 4. The molecule has 6 aromatic carbocycles. The maximum atomic E-state index is 14.5. The first kappa shape index (κ1) is 39.3. The Labute approximate surface area is 342 Å². The number of hydrogen-bond acceptors (Lipinski definition) is 10. The van der Waals surface area contributed by atoms with Gasteiger partial charge in [0.05, 0.1) is 32.3 Å². The highest BCUT2D eigenvalue weighted by atomic mass is 32.2. The molecule has 16 heteroatoms. The van der Waals surface area contributed by atoms with Crippen LogP contribution in [0.1, 0.15) is 77.5 Å². The normalized spacial score (nSPS) is 13.0. The van der Waals surface area contributed by atoms with Gasteiger partial charge >= 0.3 is 0 Å². The Bertz CT molecular complexity index is 2930. The zero-order valence-corrected chi connectivity index (χ0v) is 33.1. The predicted molar refractivity (Wildman–Crippen MR) is 222 cm³/mol. The lowest BCUT2D eigenvalue weighted by molar-refractivity contribution is -0.115. The molecule has 0 bridgehead atoms. The van der Waals surface area contributed by atoms with Crippen molar-refractivity contribution in [1.82, 2.24) is 0 Å². The molecule has 60 heavy (non-hydrogen) atoms. The van der Waals surface area contributed by atoms with Gasteiger partial charge in [0.1, 0.15) is 0 Å². The third-order valence-corrected chi connectivity index (χ3v) is 12.7. The summed E-state index contributed by atoms with van der Waals surface area (Å²) in [6, 6.07) is 27.7. The van der Waals surface area contributed by atoms with Crippen LogP contribution in [0.5, 0.6) is 0 Å². The fraction of sp³-hybridized carbons (Fsp3) is 0.0455. The molecule has 6 aromatic rings. The minimum atomic E-state index is -4.41. The largest absolute Gasteiger partial charge is 0.326 e. The van der Waals surface area contributed by atoms with Gasteiger partial charge in [0, 0.05) is 58.6 Å². The van der Waals surface area contributed by atoms with Crippen LogP contribution in [0.15, 0.2) is 131 Å². The highest BCUT2D eigenvalue weighted by molar-refractivity contribution is 7.93. The molecule has 8 rings (SSSR count). The summed E-state index contributed by atoms with van der Waals surface area (Å²) < 4.78 is 59.9. The molecule has 2 aliphatic rings. The van der Waals surface area contributed by atoms with Gasteiger partial charge in [0.15, 0.2) is 23.1 Å². The molecule has 2 aliphatic carbocycles. The van der Waals surface area contributed by atoms with Crippen LogP contribution in [-0.2, 0) is 29.6 Å². The highest BCUT2D eigenvalue weighted by Crippen LogP contribution is 2.44. The Morgan fingerprint density at radius 2 is 0.683 bits per heavy atom. The summed E-state index contributed by atoms with van der Waals surface area (Å²) in [4.78, 5) is 80.4. The number of rotatable bonds is 9. The van der Waals surface area contributed by atoms with Crippen LogP contribution >= 0.6 is 0 Å². The van der Waals surface area contributed by atoms with Crippen molar-refractivity contribution in [2.45, 2.75) is 23.6 Å². The van der Waals surface area contributed by atoms with E-state index in [1.54, 1.807) is 24.3 Å². The molecule has 0 fully saturated rings. The molecule has 0 unspecified atom stereocenters.